The Kier molecular flexibility index (Phi) is 4.72. The van der Waals surface area contributed by atoms with Crippen molar-refractivity contribution in [1.82, 2.24) is 4.98 Å². The fraction of sp³-hybridized carbons (Fsp3) is 0.125. The molecule has 0 atom stereocenters. The van der Waals surface area contributed by atoms with Crippen LogP contribution in [0.2, 0.25) is 0 Å². The summed E-state index contributed by atoms with van der Waals surface area (Å²) in [7, 11) is -2.04. The molecule has 22 heavy (non-hydrogen) atoms. The number of hydrogen-bond donors (Lipinski definition) is 0. The van der Waals surface area contributed by atoms with E-state index >= 15 is 0 Å². The van der Waals surface area contributed by atoms with Gasteiger partial charge in [-0.15, -0.1) is 0 Å². The standard InChI is InChI=1S/C16H15NO4S/c1-21-15-10-13(6-8-16(15)22(2,19)20)14(18)7-5-12-4-3-9-17-11-12/h3-11H,1-2H3/b7-5+. The molecule has 0 fully saturated rings. The molecular formula is C16H15NO4S. The highest BCUT2D eigenvalue weighted by Gasteiger charge is 2.16. The summed E-state index contributed by atoms with van der Waals surface area (Å²) in [6.45, 7) is 0. The van der Waals surface area contributed by atoms with E-state index in [0.717, 1.165) is 11.8 Å². The van der Waals surface area contributed by atoms with Crippen LogP contribution in [0.15, 0.2) is 53.7 Å². The van der Waals surface area contributed by atoms with Crippen molar-refractivity contribution in [3.8, 4) is 5.75 Å². The Morgan fingerprint density at radius 3 is 2.64 bits per heavy atom. The summed E-state index contributed by atoms with van der Waals surface area (Å²) < 4.78 is 28.3. The third-order valence-corrected chi connectivity index (χ3v) is 4.10. The highest BCUT2D eigenvalue weighted by molar-refractivity contribution is 7.90. The minimum absolute atomic E-state index is 0.0581. The average Bonchev–Trinajstić information content (AvgIpc) is 2.52. The highest BCUT2D eigenvalue weighted by Crippen LogP contribution is 2.25. The molecule has 2 rings (SSSR count). The minimum Gasteiger partial charge on any atom is -0.495 e. The van der Waals surface area contributed by atoms with Gasteiger partial charge in [0.2, 0.25) is 0 Å². The molecule has 0 unspecified atom stereocenters. The normalized spacial score (nSPS) is 11.5. The molecule has 2 aromatic rings. The molecule has 114 valence electrons. The largest absolute Gasteiger partial charge is 0.495 e. The van der Waals surface area contributed by atoms with Gasteiger partial charge in [-0.1, -0.05) is 6.07 Å². The first-order valence-corrected chi connectivity index (χ1v) is 8.31. The first-order valence-electron chi connectivity index (χ1n) is 6.42. The second-order valence-electron chi connectivity index (χ2n) is 4.62. The van der Waals surface area contributed by atoms with Crippen molar-refractivity contribution >= 4 is 21.7 Å². The molecule has 0 aliphatic rings. The summed E-state index contributed by atoms with van der Waals surface area (Å²) in [6, 6.07) is 7.86. The van der Waals surface area contributed by atoms with Crippen LogP contribution in [-0.4, -0.2) is 32.6 Å². The summed E-state index contributed by atoms with van der Waals surface area (Å²) >= 11 is 0. The molecule has 1 aromatic heterocycles. The van der Waals surface area contributed by atoms with Gasteiger partial charge in [0.05, 0.1) is 7.11 Å². The van der Waals surface area contributed by atoms with Crippen LogP contribution in [0.3, 0.4) is 0 Å². The minimum atomic E-state index is -3.41. The Bertz CT molecular complexity index is 811. The van der Waals surface area contributed by atoms with Gasteiger partial charge in [-0.25, -0.2) is 8.42 Å². The van der Waals surface area contributed by atoms with Crippen molar-refractivity contribution in [2.75, 3.05) is 13.4 Å². The number of sulfone groups is 1. The molecule has 5 nitrogen and oxygen atoms in total. The molecule has 0 aliphatic carbocycles. The number of allylic oxidation sites excluding steroid dienone is 1. The molecule has 0 saturated carbocycles. The van der Waals surface area contributed by atoms with Crippen molar-refractivity contribution in [2.24, 2.45) is 0 Å². The van der Waals surface area contributed by atoms with Gasteiger partial charge >= 0.3 is 0 Å². The van der Waals surface area contributed by atoms with Crippen molar-refractivity contribution in [2.45, 2.75) is 4.90 Å². The molecule has 1 aromatic carbocycles. The van der Waals surface area contributed by atoms with Crippen LogP contribution in [0.4, 0.5) is 0 Å². The summed E-state index contributed by atoms with van der Waals surface area (Å²) in [5, 5.41) is 0. The highest BCUT2D eigenvalue weighted by atomic mass is 32.2. The van der Waals surface area contributed by atoms with Gasteiger partial charge in [0.25, 0.3) is 0 Å². The van der Waals surface area contributed by atoms with Gasteiger partial charge in [0, 0.05) is 24.2 Å². The Morgan fingerprint density at radius 2 is 2.05 bits per heavy atom. The molecule has 6 heteroatoms. The zero-order valence-corrected chi connectivity index (χ0v) is 13.0. The molecule has 1 heterocycles. The summed E-state index contributed by atoms with van der Waals surface area (Å²) in [5.74, 6) is -0.0923. The fourth-order valence-electron chi connectivity index (χ4n) is 1.87. The molecule has 0 N–H and O–H groups in total. The molecule has 0 amide bonds. The number of nitrogens with zero attached hydrogens (tertiary/aromatic N) is 1. The quantitative estimate of drug-likeness (QED) is 0.625. The van der Waals surface area contributed by atoms with E-state index in [-0.39, 0.29) is 16.4 Å². The first kappa shape index (κ1) is 15.9. The van der Waals surface area contributed by atoms with Gasteiger partial charge in [0.1, 0.15) is 10.6 Å². The number of hydrogen-bond acceptors (Lipinski definition) is 5. The van der Waals surface area contributed by atoms with Crippen molar-refractivity contribution in [3.05, 3.63) is 59.9 Å². The maximum atomic E-state index is 12.1. The maximum absolute atomic E-state index is 12.1. The number of carbonyl (C=O) groups is 1. The number of carbonyl (C=O) groups excluding carboxylic acids is 1. The third kappa shape index (κ3) is 3.79. The SMILES string of the molecule is COc1cc(C(=O)/C=C/c2cccnc2)ccc1S(C)(=O)=O. The van der Waals surface area contributed by atoms with Crippen molar-refractivity contribution in [1.29, 1.82) is 0 Å². The van der Waals surface area contributed by atoms with E-state index in [1.807, 2.05) is 6.07 Å². The number of rotatable bonds is 5. The number of ketones is 1. The summed E-state index contributed by atoms with van der Waals surface area (Å²) in [6.07, 6.45) is 7.43. The molecule has 0 spiro atoms. The number of pyridine rings is 1. The van der Waals surface area contributed by atoms with E-state index in [1.54, 1.807) is 24.5 Å². The first-order chi connectivity index (χ1) is 10.4. The van der Waals surface area contributed by atoms with Gasteiger partial charge in [-0.2, -0.15) is 0 Å². The third-order valence-electron chi connectivity index (χ3n) is 2.96. The lowest BCUT2D eigenvalue weighted by atomic mass is 10.1. The Morgan fingerprint density at radius 1 is 1.27 bits per heavy atom. The lowest BCUT2D eigenvalue weighted by Crippen LogP contribution is -2.03. The van der Waals surface area contributed by atoms with E-state index in [1.165, 1.54) is 31.4 Å². The smallest absolute Gasteiger partial charge is 0.185 e. The maximum Gasteiger partial charge on any atom is 0.185 e. The van der Waals surface area contributed by atoms with Gasteiger partial charge in [0.15, 0.2) is 15.6 Å². The van der Waals surface area contributed by atoms with E-state index in [0.29, 0.717) is 5.56 Å². The zero-order chi connectivity index (χ0) is 16.2. The summed E-state index contributed by atoms with van der Waals surface area (Å²) in [5.41, 5.74) is 1.15. The monoisotopic (exact) mass is 317 g/mol. The average molecular weight is 317 g/mol. The number of aromatic nitrogens is 1. The predicted molar refractivity (Wildman–Crippen MR) is 83.7 cm³/mol. The van der Waals surface area contributed by atoms with Crippen LogP contribution in [0.5, 0.6) is 5.75 Å². The number of benzene rings is 1. The van der Waals surface area contributed by atoms with Crippen LogP contribution < -0.4 is 4.74 Å². The fourth-order valence-corrected chi connectivity index (χ4v) is 2.69. The van der Waals surface area contributed by atoms with Crippen LogP contribution in [-0.2, 0) is 9.84 Å². The van der Waals surface area contributed by atoms with E-state index in [9.17, 15) is 13.2 Å². The van der Waals surface area contributed by atoms with Crippen LogP contribution in [0.1, 0.15) is 15.9 Å². The van der Waals surface area contributed by atoms with Gasteiger partial charge < -0.3 is 4.74 Å². The molecule has 0 aliphatic heterocycles. The van der Waals surface area contributed by atoms with Gasteiger partial charge in [-0.05, 0) is 42.0 Å². The van der Waals surface area contributed by atoms with E-state index in [4.69, 9.17) is 4.74 Å². The second-order valence-corrected chi connectivity index (χ2v) is 6.61. The van der Waals surface area contributed by atoms with Crippen molar-refractivity contribution in [3.63, 3.8) is 0 Å². The van der Waals surface area contributed by atoms with Crippen LogP contribution >= 0.6 is 0 Å². The number of ether oxygens (including phenoxy) is 1. The zero-order valence-electron chi connectivity index (χ0n) is 12.2. The Hall–Kier alpha value is -2.47. The lowest BCUT2D eigenvalue weighted by Gasteiger charge is -2.07. The molecule has 0 bridgehead atoms. The second kappa shape index (κ2) is 6.53. The summed E-state index contributed by atoms with van der Waals surface area (Å²) in [4.78, 5) is 16.1. The molecule has 0 radical (unpaired) electrons. The van der Waals surface area contributed by atoms with Crippen LogP contribution in [0.25, 0.3) is 6.08 Å². The number of methoxy groups -OCH3 is 1. The predicted octanol–water partition coefficient (Wildman–Crippen LogP) is 2.39. The Labute approximate surface area is 129 Å². The molecular weight excluding hydrogens is 302 g/mol. The van der Waals surface area contributed by atoms with Gasteiger partial charge in [-0.3, -0.25) is 9.78 Å². The van der Waals surface area contributed by atoms with Crippen LogP contribution in [0, 0.1) is 0 Å². The van der Waals surface area contributed by atoms with Crippen molar-refractivity contribution < 1.29 is 17.9 Å². The Balaban J connectivity index is 2.30. The lowest BCUT2D eigenvalue weighted by molar-refractivity contribution is 0.104. The van der Waals surface area contributed by atoms with E-state index < -0.39 is 9.84 Å². The topological polar surface area (TPSA) is 73.3 Å². The van der Waals surface area contributed by atoms with E-state index in [2.05, 4.69) is 4.98 Å². The molecule has 0 saturated heterocycles.